The van der Waals surface area contributed by atoms with Gasteiger partial charge in [0.15, 0.2) is 0 Å². The zero-order chi connectivity index (χ0) is 10.1. The molecule has 0 radical (unpaired) electrons. The lowest BCUT2D eigenvalue weighted by molar-refractivity contribution is -0.138. The molecule has 0 unspecified atom stereocenters. The predicted octanol–water partition coefficient (Wildman–Crippen LogP) is 2.70. The first-order valence-electron chi connectivity index (χ1n) is 4.79. The molecule has 0 saturated heterocycles. The summed E-state index contributed by atoms with van der Waals surface area (Å²) in [5, 5.41) is 8.65. The molecule has 0 aromatic rings. The van der Waals surface area contributed by atoms with E-state index in [-0.39, 0.29) is 5.92 Å². The van der Waals surface area contributed by atoms with Crippen LogP contribution in [-0.4, -0.2) is 11.1 Å². The molecule has 1 N–H and O–H groups in total. The van der Waals surface area contributed by atoms with Crippen molar-refractivity contribution in [2.45, 2.75) is 33.6 Å². The Bertz CT molecular complexity index is 223. The summed E-state index contributed by atoms with van der Waals surface area (Å²) in [4.78, 5) is 10.5. The van der Waals surface area contributed by atoms with Crippen molar-refractivity contribution in [3.8, 4) is 0 Å². The van der Waals surface area contributed by atoms with E-state index in [0.717, 1.165) is 12.8 Å². The number of carboxylic acid groups (broad SMARTS) is 1. The molecular weight excluding hydrogens is 164 g/mol. The normalized spacial score (nSPS) is 27.9. The standard InChI is InChI=1S/C11H18O2/c1-11(2,3)6-4-5-8-7-9(8)10(12)13/h4-5,8-9H,6-7H2,1-3H3,(H,12,13)/b5-4-/t8-,9+/m0/s1. The lowest BCUT2D eigenvalue weighted by Crippen LogP contribution is -2.02. The van der Waals surface area contributed by atoms with Gasteiger partial charge >= 0.3 is 5.97 Å². The van der Waals surface area contributed by atoms with Gasteiger partial charge in [-0.05, 0) is 24.2 Å². The van der Waals surface area contributed by atoms with Crippen LogP contribution >= 0.6 is 0 Å². The number of carbonyl (C=O) groups is 1. The average molecular weight is 182 g/mol. The third-order valence-corrected chi connectivity index (χ3v) is 2.27. The van der Waals surface area contributed by atoms with E-state index in [9.17, 15) is 4.79 Å². The Labute approximate surface area is 79.6 Å². The second-order valence-corrected chi connectivity index (χ2v) is 5.04. The van der Waals surface area contributed by atoms with Gasteiger partial charge in [0.2, 0.25) is 0 Å². The van der Waals surface area contributed by atoms with Crippen molar-refractivity contribution >= 4 is 5.97 Å². The van der Waals surface area contributed by atoms with E-state index in [1.165, 1.54) is 0 Å². The molecule has 1 saturated carbocycles. The fourth-order valence-corrected chi connectivity index (χ4v) is 1.31. The van der Waals surface area contributed by atoms with E-state index >= 15 is 0 Å². The van der Waals surface area contributed by atoms with Crippen LogP contribution in [0.3, 0.4) is 0 Å². The lowest BCUT2D eigenvalue weighted by atomic mass is 9.92. The summed E-state index contributed by atoms with van der Waals surface area (Å²) in [6.45, 7) is 6.54. The van der Waals surface area contributed by atoms with Crippen LogP contribution < -0.4 is 0 Å². The molecule has 2 nitrogen and oxygen atoms in total. The molecule has 0 amide bonds. The van der Waals surface area contributed by atoms with Crippen LogP contribution in [0.15, 0.2) is 12.2 Å². The molecule has 74 valence electrons. The van der Waals surface area contributed by atoms with Crippen molar-refractivity contribution in [1.82, 2.24) is 0 Å². The van der Waals surface area contributed by atoms with Crippen LogP contribution in [0, 0.1) is 17.3 Å². The van der Waals surface area contributed by atoms with Gasteiger partial charge in [-0.1, -0.05) is 32.9 Å². The highest BCUT2D eigenvalue weighted by Crippen LogP contribution is 2.40. The van der Waals surface area contributed by atoms with Gasteiger partial charge in [-0.2, -0.15) is 0 Å². The summed E-state index contributed by atoms with van der Waals surface area (Å²) in [5.74, 6) is -0.443. The minimum Gasteiger partial charge on any atom is -0.481 e. The fraction of sp³-hybridized carbons (Fsp3) is 0.727. The molecule has 1 fully saturated rings. The quantitative estimate of drug-likeness (QED) is 0.681. The minimum absolute atomic E-state index is 0.101. The zero-order valence-corrected chi connectivity index (χ0v) is 8.58. The first-order chi connectivity index (χ1) is 5.90. The summed E-state index contributed by atoms with van der Waals surface area (Å²) in [7, 11) is 0. The van der Waals surface area contributed by atoms with E-state index in [0.29, 0.717) is 11.3 Å². The number of rotatable bonds is 3. The number of hydrogen-bond acceptors (Lipinski definition) is 1. The maximum Gasteiger partial charge on any atom is 0.307 e. The summed E-state index contributed by atoms with van der Waals surface area (Å²) >= 11 is 0. The monoisotopic (exact) mass is 182 g/mol. The molecule has 0 spiro atoms. The summed E-state index contributed by atoms with van der Waals surface area (Å²) < 4.78 is 0. The van der Waals surface area contributed by atoms with Crippen molar-refractivity contribution in [2.75, 3.05) is 0 Å². The van der Waals surface area contributed by atoms with E-state index in [4.69, 9.17) is 5.11 Å². The Morgan fingerprint density at radius 1 is 1.54 bits per heavy atom. The van der Waals surface area contributed by atoms with Crippen molar-refractivity contribution in [1.29, 1.82) is 0 Å². The number of carboxylic acids is 1. The highest BCUT2D eigenvalue weighted by molar-refractivity contribution is 5.73. The van der Waals surface area contributed by atoms with Crippen LogP contribution in [0.5, 0.6) is 0 Å². The van der Waals surface area contributed by atoms with E-state index in [1.54, 1.807) is 0 Å². The molecule has 0 heterocycles. The summed E-state index contributed by atoms with van der Waals surface area (Å²) in [6.07, 6.45) is 6.03. The smallest absolute Gasteiger partial charge is 0.307 e. The van der Waals surface area contributed by atoms with Gasteiger partial charge in [0, 0.05) is 0 Å². The highest BCUT2D eigenvalue weighted by atomic mass is 16.4. The Morgan fingerprint density at radius 2 is 2.15 bits per heavy atom. The molecule has 0 aromatic carbocycles. The van der Waals surface area contributed by atoms with Gasteiger partial charge in [-0.15, -0.1) is 0 Å². The molecule has 13 heavy (non-hydrogen) atoms. The van der Waals surface area contributed by atoms with E-state index < -0.39 is 5.97 Å². The van der Waals surface area contributed by atoms with Crippen molar-refractivity contribution < 1.29 is 9.90 Å². The second kappa shape index (κ2) is 3.52. The van der Waals surface area contributed by atoms with Crippen LogP contribution in [-0.2, 0) is 4.79 Å². The maximum absolute atomic E-state index is 10.5. The van der Waals surface area contributed by atoms with Crippen LogP contribution in [0.1, 0.15) is 33.6 Å². The number of allylic oxidation sites excluding steroid dienone is 2. The Morgan fingerprint density at radius 3 is 2.54 bits per heavy atom. The van der Waals surface area contributed by atoms with Gasteiger partial charge in [-0.3, -0.25) is 4.79 Å². The van der Waals surface area contributed by atoms with Gasteiger partial charge in [0.25, 0.3) is 0 Å². The predicted molar refractivity (Wildman–Crippen MR) is 52.4 cm³/mol. The van der Waals surface area contributed by atoms with Crippen molar-refractivity contribution in [3.05, 3.63) is 12.2 Å². The molecule has 2 atom stereocenters. The van der Waals surface area contributed by atoms with Gasteiger partial charge < -0.3 is 5.11 Å². The van der Waals surface area contributed by atoms with Gasteiger partial charge in [0.05, 0.1) is 5.92 Å². The fourth-order valence-electron chi connectivity index (χ4n) is 1.31. The summed E-state index contributed by atoms with van der Waals surface area (Å²) in [6, 6.07) is 0. The first-order valence-corrected chi connectivity index (χ1v) is 4.79. The third-order valence-electron chi connectivity index (χ3n) is 2.27. The third kappa shape index (κ3) is 3.62. The topological polar surface area (TPSA) is 37.3 Å². The van der Waals surface area contributed by atoms with E-state index in [1.807, 2.05) is 0 Å². The lowest BCUT2D eigenvalue weighted by Gasteiger charge is -2.14. The number of aliphatic carboxylic acids is 1. The van der Waals surface area contributed by atoms with Crippen LogP contribution in [0.25, 0.3) is 0 Å². The SMILES string of the molecule is CC(C)(C)C/C=C\[C@H]1C[C@H]1C(=O)O. The molecule has 0 bridgehead atoms. The Hall–Kier alpha value is -0.790. The van der Waals surface area contributed by atoms with Gasteiger partial charge in [0.1, 0.15) is 0 Å². The molecule has 0 aromatic heterocycles. The molecule has 2 heteroatoms. The molecule has 1 aliphatic rings. The number of hydrogen-bond donors (Lipinski definition) is 1. The average Bonchev–Trinajstić information content (AvgIpc) is 2.63. The second-order valence-electron chi connectivity index (χ2n) is 5.04. The molecule has 1 aliphatic carbocycles. The van der Waals surface area contributed by atoms with Crippen LogP contribution in [0.4, 0.5) is 0 Å². The Balaban J connectivity index is 2.25. The molecular formula is C11H18O2. The molecule has 0 aliphatic heterocycles. The largest absolute Gasteiger partial charge is 0.481 e. The van der Waals surface area contributed by atoms with Crippen molar-refractivity contribution in [2.24, 2.45) is 17.3 Å². The van der Waals surface area contributed by atoms with Crippen LogP contribution in [0.2, 0.25) is 0 Å². The molecule has 1 rings (SSSR count). The Kier molecular flexibility index (Phi) is 2.79. The first kappa shape index (κ1) is 10.3. The van der Waals surface area contributed by atoms with E-state index in [2.05, 4.69) is 32.9 Å². The zero-order valence-electron chi connectivity index (χ0n) is 8.58. The summed E-state index contributed by atoms with van der Waals surface area (Å²) in [5.41, 5.74) is 0.310. The van der Waals surface area contributed by atoms with Crippen molar-refractivity contribution in [3.63, 3.8) is 0 Å². The minimum atomic E-state index is -0.648. The maximum atomic E-state index is 10.5. The van der Waals surface area contributed by atoms with Gasteiger partial charge in [-0.25, -0.2) is 0 Å². The highest BCUT2D eigenvalue weighted by Gasteiger charge is 2.40.